The normalized spacial score (nSPS) is 36.7. The highest BCUT2D eigenvalue weighted by molar-refractivity contribution is 5.85. The lowest BCUT2D eigenvalue weighted by Crippen LogP contribution is -2.48. The molecule has 0 aromatic heterocycles. The van der Waals surface area contributed by atoms with Crippen LogP contribution < -0.4 is 5.32 Å². The number of piperidine rings is 1. The zero-order chi connectivity index (χ0) is 9.26. The van der Waals surface area contributed by atoms with Crippen molar-refractivity contribution in [2.24, 2.45) is 11.8 Å². The number of carboxylic acid groups (broad SMARTS) is 1. The van der Waals surface area contributed by atoms with E-state index in [9.17, 15) is 4.79 Å². The topological polar surface area (TPSA) is 49.3 Å². The SMILES string of the molecule is Cl.O=C(O)C1CNC2CCCCC2C1. The van der Waals surface area contributed by atoms with E-state index >= 15 is 0 Å². The fourth-order valence-corrected chi connectivity index (χ4v) is 2.69. The van der Waals surface area contributed by atoms with Crippen LogP contribution in [-0.4, -0.2) is 23.7 Å². The molecule has 0 radical (unpaired) electrons. The van der Waals surface area contributed by atoms with Gasteiger partial charge in [0.25, 0.3) is 0 Å². The van der Waals surface area contributed by atoms with E-state index in [4.69, 9.17) is 5.11 Å². The lowest BCUT2D eigenvalue weighted by molar-refractivity contribution is -0.143. The molecule has 0 bridgehead atoms. The summed E-state index contributed by atoms with van der Waals surface area (Å²) >= 11 is 0. The van der Waals surface area contributed by atoms with Crippen molar-refractivity contribution in [2.75, 3.05) is 6.54 Å². The predicted molar refractivity (Wildman–Crippen MR) is 56.7 cm³/mol. The Hall–Kier alpha value is -0.280. The summed E-state index contributed by atoms with van der Waals surface area (Å²) in [6.45, 7) is 0.677. The van der Waals surface area contributed by atoms with Crippen LogP contribution in [0.1, 0.15) is 32.1 Å². The number of fused-ring (bicyclic) bond motifs is 1. The van der Waals surface area contributed by atoms with Crippen LogP contribution in [0.15, 0.2) is 0 Å². The van der Waals surface area contributed by atoms with Crippen molar-refractivity contribution in [3.05, 3.63) is 0 Å². The lowest BCUT2D eigenvalue weighted by atomic mass is 9.76. The Balaban J connectivity index is 0.000000980. The number of aliphatic carboxylic acids is 1. The third-order valence-corrected chi connectivity index (χ3v) is 3.47. The number of hydrogen-bond donors (Lipinski definition) is 2. The summed E-state index contributed by atoms with van der Waals surface area (Å²) in [5.41, 5.74) is 0. The molecule has 4 heteroatoms. The van der Waals surface area contributed by atoms with Crippen molar-refractivity contribution in [1.29, 1.82) is 0 Å². The smallest absolute Gasteiger partial charge is 0.307 e. The maximum atomic E-state index is 10.8. The van der Waals surface area contributed by atoms with Gasteiger partial charge in [0.1, 0.15) is 0 Å². The zero-order valence-electron chi connectivity index (χ0n) is 8.24. The quantitative estimate of drug-likeness (QED) is 0.705. The number of halogens is 1. The molecular weight excluding hydrogens is 202 g/mol. The summed E-state index contributed by atoms with van der Waals surface area (Å²) < 4.78 is 0. The Morgan fingerprint density at radius 2 is 2.00 bits per heavy atom. The molecule has 3 unspecified atom stereocenters. The van der Waals surface area contributed by atoms with Gasteiger partial charge in [-0.1, -0.05) is 12.8 Å². The Morgan fingerprint density at radius 1 is 1.29 bits per heavy atom. The molecule has 0 amide bonds. The molecule has 2 rings (SSSR count). The van der Waals surface area contributed by atoms with Crippen molar-refractivity contribution < 1.29 is 9.90 Å². The van der Waals surface area contributed by atoms with E-state index in [-0.39, 0.29) is 18.3 Å². The average Bonchev–Trinajstić information content (AvgIpc) is 2.17. The standard InChI is InChI=1S/C10H17NO2.ClH/c12-10(13)8-5-7-3-1-2-4-9(7)11-6-8;/h7-9,11H,1-6H2,(H,12,13);1H. The van der Waals surface area contributed by atoms with Crippen LogP contribution in [-0.2, 0) is 4.79 Å². The number of rotatable bonds is 1. The van der Waals surface area contributed by atoms with Gasteiger partial charge >= 0.3 is 5.97 Å². The minimum atomic E-state index is -0.628. The molecule has 3 atom stereocenters. The van der Waals surface area contributed by atoms with Crippen molar-refractivity contribution in [3.8, 4) is 0 Å². The summed E-state index contributed by atoms with van der Waals surface area (Å²) in [6, 6.07) is 0.615. The van der Waals surface area contributed by atoms with Crippen LogP contribution in [0.5, 0.6) is 0 Å². The van der Waals surface area contributed by atoms with Crippen LogP contribution in [0.2, 0.25) is 0 Å². The molecule has 0 spiro atoms. The largest absolute Gasteiger partial charge is 0.481 e. The van der Waals surface area contributed by atoms with Crippen LogP contribution in [0, 0.1) is 11.8 Å². The van der Waals surface area contributed by atoms with Gasteiger partial charge in [0.05, 0.1) is 5.92 Å². The highest BCUT2D eigenvalue weighted by atomic mass is 35.5. The molecule has 2 N–H and O–H groups in total. The first-order valence-corrected chi connectivity index (χ1v) is 5.23. The maximum absolute atomic E-state index is 10.8. The molecule has 2 aliphatic rings. The molecule has 2 fully saturated rings. The highest BCUT2D eigenvalue weighted by Crippen LogP contribution is 2.32. The van der Waals surface area contributed by atoms with Gasteiger partial charge in [-0.15, -0.1) is 12.4 Å². The molecule has 1 saturated carbocycles. The van der Waals surface area contributed by atoms with Gasteiger partial charge in [-0.2, -0.15) is 0 Å². The molecule has 0 aromatic carbocycles. The van der Waals surface area contributed by atoms with Crippen LogP contribution in [0.25, 0.3) is 0 Å². The molecule has 3 nitrogen and oxygen atoms in total. The Bertz CT molecular complexity index is 210. The minimum Gasteiger partial charge on any atom is -0.481 e. The summed E-state index contributed by atoms with van der Waals surface area (Å²) in [5, 5.41) is 12.3. The number of carbonyl (C=O) groups is 1. The second kappa shape index (κ2) is 4.99. The second-order valence-electron chi connectivity index (χ2n) is 4.33. The van der Waals surface area contributed by atoms with Gasteiger partial charge in [0.2, 0.25) is 0 Å². The number of hydrogen-bond acceptors (Lipinski definition) is 2. The Morgan fingerprint density at radius 3 is 2.71 bits per heavy atom. The average molecular weight is 220 g/mol. The van der Waals surface area contributed by atoms with Crippen LogP contribution in [0.3, 0.4) is 0 Å². The van der Waals surface area contributed by atoms with Crippen molar-refractivity contribution in [1.82, 2.24) is 5.32 Å². The van der Waals surface area contributed by atoms with Gasteiger partial charge in [0.15, 0.2) is 0 Å². The molecule has 1 saturated heterocycles. The minimum absolute atomic E-state index is 0. The Kier molecular flexibility index (Phi) is 4.20. The monoisotopic (exact) mass is 219 g/mol. The molecule has 0 aromatic rings. The number of carboxylic acids is 1. The third kappa shape index (κ3) is 2.39. The summed E-state index contributed by atoms with van der Waals surface area (Å²) in [7, 11) is 0. The third-order valence-electron chi connectivity index (χ3n) is 3.47. The Labute approximate surface area is 90.7 Å². The van der Waals surface area contributed by atoms with Crippen molar-refractivity contribution in [3.63, 3.8) is 0 Å². The predicted octanol–water partition coefficient (Wildman–Crippen LogP) is 1.66. The molecule has 82 valence electrons. The van der Waals surface area contributed by atoms with Crippen LogP contribution in [0.4, 0.5) is 0 Å². The number of nitrogens with one attached hydrogen (secondary N) is 1. The molecule has 1 heterocycles. The van der Waals surface area contributed by atoms with Gasteiger partial charge in [0, 0.05) is 12.6 Å². The van der Waals surface area contributed by atoms with Crippen molar-refractivity contribution >= 4 is 18.4 Å². The van der Waals surface area contributed by atoms with E-state index < -0.39 is 5.97 Å². The van der Waals surface area contributed by atoms with E-state index in [1.165, 1.54) is 25.7 Å². The first-order valence-electron chi connectivity index (χ1n) is 5.23. The van der Waals surface area contributed by atoms with Crippen LogP contribution >= 0.6 is 12.4 Å². The molecular formula is C10H18ClNO2. The zero-order valence-corrected chi connectivity index (χ0v) is 9.05. The van der Waals surface area contributed by atoms with Gasteiger partial charge in [-0.3, -0.25) is 4.79 Å². The fraction of sp³-hybridized carbons (Fsp3) is 0.900. The van der Waals surface area contributed by atoms with Crippen molar-refractivity contribution in [2.45, 2.75) is 38.1 Å². The maximum Gasteiger partial charge on any atom is 0.307 e. The van der Waals surface area contributed by atoms with E-state index in [0.717, 1.165) is 6.42 Å². The summed E-state index contributed by atoms with van der Waals surface area (Å²) in [4.78, 5) is 10.8. The molecule has 1 aliphatic carbocycles. The lowest BCUT2D eigenvalue weighted by Gasteiger charge is -2.38. The first-order chi connectivity index (χ1) is 6.27. The van der Waals surface area contributed by atoms with E-state index in [2.05, 4.69) is 5.32 Å². The highest BCUT2D eigenvalue weighted by Gasteiger charge is 2.34. The summed E-state index contributed by atoms with van der Waals surface area (Å²) in [6.07, 6.45) is 5.96. The first kappa shape index (κ1) is 11.8. The van der Waals surface area contributed by atoms with Gasteiger partial charge in [-0.05, 0) is 25.2 Å². The molecule has 14 heavy (non-hydrogen) atoms. The summed E-state index contributed by atoms with van der Waals surface area (Å²) in [5.74, 6) is -0.139. The van der Waals surface area contributed by atoms with Gasteiger partial charge in [-0.25, -0.2) is 0 Å². The van der Waals surface area contributed by atoms with E-state index in [1.807, 2.05) is 0 Å². The fourth-order valence-electron chi connectivity index (χ4n) is 2.69. The molecule has 1 aliphatic heterocycles. The second-order valence-corrected chi connectivity index (χ2v) is 4.33. The van der Waals surface area contributed by atoms with Gasteiger partial charge < -0.3 is 10.4 Å². The van der Waals surface area contributed by atoms with E-state index in [0.29, 0.717) is 18.5 Å². The van der Waals surface area contributed by atoms with E-state index in [1.54, 1.807) is 0 Å².